The van der Waals surface area contributed by atoms with Crippen LogP contribution in [0.2, 0.25) is 0 Å². The Morgan fingerprint density at radius 1 is 0.821 bits per heavy atom. The number of hydrogen-bond acceptors (Lipinski definition) is 3. The molecule has 2 aromatic rings. The summed E-state index contributed by atoms with van der Waals surface area (Å²) in [6.07, 6.45) is 0.878. The first-order chi connectivity index (χ1) is 13.3. The van der Waals surface area contributed by atoms with Crippen LogP contribution in [0.1, 0.15) is 75.1 Å². The largest absolute Gasteiger partial charge is 0.473 e. The third-order valence-electron chi connectivity index (χ3n) is 5.28. The Kier molecular flexibility index (Phi) is 6.02. The summed E-state index contributed by atoms with van der Waals surface area (Å²) in [6, 6.07) is 12.8. The van der Waals surface area contributed by atoms with E-state index < -0.39 is 0 Å². The SMILES string of the molecule is Cc1cccc(C)c1N=C1CC(C)OC1=Nc1c(C(C)C)cccc1C(C)C. The summed E-state index contributed by atoms with van der Waals surface area (Å²) in [4.78, 5) is 10.0. The van der Waals surface area contributed by atoms with Gasteiger partial charge in [-0.15, -0.1) is 0 Å². The Bertz CT molecular complexity index is 876. The van der Waals surface area contributed by atoms with Gasteiger partial charge in [0.05, 0.1) is 11.4 Å². The fourth-order valence-corrected chi connectivity index (χ4v) is 3.70. The Balaban J connectivity index is 2.14. The number of ether oxygens (including phenoxy) is 1. The summed E-state index contributed by atoms with van der Waals surface area (Å²) >= 11 is 0. The molecule has 1 fully saturated rings. The van der Waals surface area contributed by atoms with Crippen LogP contribution in [0, 0.1) is 13.8 Å². The maximum Gasteiger partial charge on any atom is 0.236 e. The quantitative estimate of drug-likeness (QED) is 0.557. The molecule has 2 aromatic carbocycles. The summed E-state index contributed by atoms with van der Waals surface area (Å²) in [5.41, 5.74) is 7.89. The lowest BCUT2D eigenvalue weighted by Crippen LogP contribution is -2.08. The molecule has 1 unspecified atom stereocenters. The van der Waals surface area contributed by atoms with Gasteiger partial charge in [-0.3, -0.25) is 0 Å². The average Bonchev–Trinajstić information content (AvgIpc) is 2.97. The fraction of sp³-hybridized carbons (Fsp3) is 0.440. The highest BCUT2D eigenvalue weighted by Crippen LogP contribution is 2.36. The molecule has 0 aromatic heterocycles. The fourth-order valence-electron chi connectivity index (χ4n) is 3.70. The van der Waals surface area contributed by atoms with Crippen molar-refractivity contribution >= 4 is 23.0 Å². The van der Waals surface area contributed by atoms with E-state index in [1.807, 2.05) is 0 Å². The standard InChI is InChI=1S/C25H32N2O/c1-15(2)20-12-9-13-21(16(3)4)24(20)27-25-22(14-19(7)28-25)26-23-17(5)10-8-11-18(23)6/h8-13,15-16,19H,14H2,1-7H3. The van der Waals surface area contributed by atoms with E-state index in [1.165, 1.54) is 22.3 Å². The van der Waals surface area contributed by atoms with Gasteiger partial charge < -0.3 is 4.74 Å². The van der Waals surface area contributed by atoms with Crippen LogP contribution < -0.4 is 0 Å². The Morgan fingerprint density at radius 3 is 1.89 bits per heavy atom. The van der Waals surface area contributed by atoms with Crippen molar-refractivity contribution in [3.8, 4) is 0 Å². The van der Waals surface area contributed by atoms with E-state index >= 15 is 0 Å². The molecule has 1 atom stereocenters. The first-order valence-corrected chi connectivity index (χ1v) is 10.3. The van der Waals surface area contributed by atoms with Gasteiger partial charge in [-0.2, -0.15) is 0 Å². The van der Waals surface area contributed by atoms with Gasteiger partial charge in [0.2, 0.25) is 5.90 Å². The maximum absolute atomic E-state index is 6.12. The number of rotatable bonds is 4. The van der Waals surface area contributed by atoms with Crippen molar-refractivity contribution in [3.63, 3.8) is 0 Å². The zero-order valence-electron chi connectivity index (χ0n) is 18.2. The van der Waals surface area contributed by atoms with E-state index in [0.29, 0.717) is 17.7 Å². The summed E-state index contributed by atoms with van der Waals surface area (Å²) in [6.45, 7) is 15.2. The predicted octanol–water partition coefficient (Wildman–Crippen LogP) is 7.16. The van der Waals surface area contributed by atoms with E-state index in [-0.39, 0.29) is 6.10 Å². The van der Waals surface area contributed by atoms with Crippen molar-refractivity contribution in [1.82, 2.24) is 0 Å². The molecule has 1 aliphatic heterocycles. The van der Waals surface area contributed by atoms with E-state index in [1.54, 1.807) is 0 Å². The Hall–Kier alpha value is -2.42. The Labute approximate surface area is 169 Å². The average molecular weight is 377 g/mol. The van der Waals surface area contributed by atoms with Crippen LogP contribution in [0.25, 0.3) is 0 Å². The molecule has 0 saturated carbocycles. The lowest BCUT2D eigenvalue weighted by Gasteiger charge is -2.17. The van der Waals surface area contributed by atoms with Crippen LogP contribution in [0.3, 0.4) is 0 Å². The highest BCUT2D eigenvalue weighted by atomic mass is 16.5. The van der Waals surface area contributed by atoms with Gasteiger partial charge in [-0.25, -0.2) is 9.98 Å². The second kappa shape index (κ2) is 8.30. The molecule has 0 aliphatic carbocycles. The van der Waals surface area contributed by atoms with Gasteiger partial charge in [0.25, 0.3) is 0 Å². The van der Waals surface area contributed by atoms with Crippen LogP contribution in [0.15, 0.2) is 46.4 Å². The molecule has 0 bridgehead atoms. The monoisotopic (exact) mass is 376 g/mol. The minimum absolute atomic E-state index is 0.0931. The molecule has 148 valence electrons. The predicted molar refractivity (Wildman–Crippen MR) is 120 cm³/mol. The number of benzene rings is 2. The second-order valence-corrected chi connectivity index (χ2v) is 8.44. The van der Waals surface area contributed by atoms with Crippen LogP contribution >= 0.6 is 0 Å². The van der Waals surface area contributed by atoms with Gasteiger partial charge in [-0.05, 0) is 54.9 Å². The summed E-state index contributed by atoms with van der Waals surface area (Å²) in [5, 5.41) is 0. The molecule has 0 radical (unpaired) electrons. The zero-order valence-corrected chi connectivity index (χ0v) is 18.2. The number of aryl methyl sites for hydroxylation is 2. The molecule has 1 aliphatic rings. The molecule has 0 amide bonds. The molecule has 3 nitrogen and oxygen atoms in total. The zero-order chi connectivity index (χ0) is 20.4. The summed E-state index contributed by atoms with van der Waals surface area (Å²) < 4.78 is 6.12. The highest BCUT2D eigenvalue weighted by molar-refractivity contribution is 6.41. The lowest BCUT2D eigenvalue weighted by molar-refractivity contribution is 0.241. The molecule has 28 heavy (non-hydrogen) atoms. The van der Waals surface area contributed by atoms with Crippen molar-refractivity contribution in [2.24, 2.45) is 9.98 Å². The number of aliphatic imine (C=N–C) groups is 2. The van der Waals surface area contributed by atoms with Crippen molar-refractivity contribution in [2.75, 3.05) is 0 Å². The van der Waals surface area contributed by atoms with Crippen molar-refractivity contribution < 1.29 is 4.74 Å². The molecule has 3 rings (SSSR count). The minimum Gasteiger partial charge on any atom is -0.473 e. The normalized spacial score (nSPS) is 19.8. The first kappa shape index (κ1) is 20.3. The summed E-state index contributed by atoms with van der Waals surface area (Å²) in [7, 11) is 0. The van der Waals surface area contributed by atoms with E-state index in [2.05, 4.69) is 84.9 Å². The maximum atomic E-state index is 6.12. The van der Waals surface area contributed by atoms with E-state index in [9.17, 15) is 0 Å². The molecule has 0 N–H and O–H groups in total. The van der Waals surface area contributed by atoms with Gasteiger partial charge in [0.1, 0.15) is 11.8 Å². The number of hydrogen-bond donors (Lipinski definition) is 0. The molecule has 1 heterocycles. The lowest BCUT2D eigenvalue weighted by atomic mass is 9.93. The molecular weight excluding hydrogens is 344 g/mol. The van der Waals surface area contributed by atoms with E-state index in [0.717, 1.165) is 23.5 Å². The molecule has 1 saturated heterocycles. The smallest absolute Gasteiger partial charge is 0.236 e. The molecular formula is C25H32N2O. The van der Waals surface area contributed by atoms with Gasteiger partial charge in [0.15, 0.2) is 0 Å². The third kappa shape index (κ3) is 4.19. The number of nitrogens with zero attached hydrogens (tertiary/aromatic N) is 2. The highest BCUT2D eigenvalue weighted by Gasteiger charge is 2.27. The third-order valence-corrected chi connectivity index (χ3v) is 5.28. The van der Waals surface area contributed by atoms with Crippen LogP contribution in [0.5, 0.6) is 0 Å². The van der Waals surface area contributed by atoms with Gasteiger partial charge in [0, 0.05) is 6.42 Å². The van der Waals surface area contributed by atoms with Crippen molar-refractivity contribution in [1.29, 1.82) is 0 Å². The summed E-state index contributed by atoms with van der Waals surface area (Å²) in [5.74, 6) is 1.47. The van der Waals surface area contributed by atoms with Crippen molar-refractivity contribution in [3.05, 3.63) is 58.7 Å². The van der Waals surface area contributed by atoms with Gasteiger partial charge >= 0.3 is 0 Å². The van der Waals surface area contributed by atoms with Crippen LogP contribution in [-0.2, 0) is 4.74 Å². The van der Waals surface area contributed by atoms with E-state index in [4.69, 9.17) is 14.7 Å². The van der Waals surface area contributed by atoms with Crippen LogP contribution in [-0.4, -0.2) is 17.7 Å². The van der Waals surface area contributed by atoms with Crippen LogP contribution in [0.4, 0.5) is 11.4 Å². The second-order valence-electron chi connectivity index (χ2n) is 8.44. The minimum atomic E-state index is 0.0931. The van der Waals surface area contributed by atoms with Crippen molar-refractivity contribution in [2.45, 2.75) is 72.8 Å². The molecule has 0 spiro atoms. The topological polar surface area (TPSA) is 34.0 Å². The molecule has 3 heteroatoms. The first-order valence-electron chi connectivity index (χ1n) is 10.3. The number of para-hydroxylation sites is 2. The van der Waals surface area contributed by atoms with Gasteiger partial charge in [-0.1, -0.05) is 64.1 Å². The Morgan fingerprint density at radius 2 is 1.36 bits per heavy atom.